The van der Waals surface area contributed by atoms with Gasteiger partial charge >= 0.3 is 19.8 Å². The van der Waals surface area contributed by atoms with Crippen molar-refractivity contribution in [2.45, 2.75) is 154 Å². The second kappa shape index (κ2) is 39.4. The summed E-state index contributed by atoms with van der Waals surface area (Å²) in [7, 11) is -4.64. The highest BCUT2D eigenvalue weighted by Crippen LogP contribution is 2.43. The molecule has 0 saturated carbocycles. The second-order valence-corrected chi connectivity index (χ2v) is 14.7. The van der Waals surface area contributed by atoms with Crippen LogP contribution < -0.4 is 0 Å². The van der Waals surface area contributed by atoms with Crippen LogP contribution in [-0.2, 0) is 32.7 Å². The zero-order chi connectivity index (χ0) is 40.5. The lowest BCUT2D eigenvalue weighted by molar-refractivity contribution is -0.161. The summed E-state index contributed by atoms with van der Waals surface area (Å²) in [5.74, 6) is -1.02. The number of aliphatic hydroxyl groups is 2. The minimum absolute atomic E-state index is 0.0994. The summed E-state index contributed by atoms with van der Waals surface area (Å²) in [5.41, 5.74) is 0. The molecular formula is C44H73O10P. The van der Waals surface area contributed by atoms with Gasteiger partial charge in [0.05, 0.1) is 19.8 Å². The van der Waals surface area contributed by atoms with Crippen molar-refractivity contribution >= 4 is 19.8 Å². The zero-order valence-corrected chi connectivity index (χ0v) is 34.7. The molecule has 0 saturated heterocycles. The maximum absolute atomic E-state index is 12.6. The first-order valence-corrected chi connectivity index (χ1v) is 22.0. The number of phosphoric ester groups is 1. The molecule has 0 aromatic heterocycles. The molecule has 0 aliphatic heterocycles. The van der Waals surface area contributed by atoms with E-state index in [4.69, 9.17) is 19.1 Å². The molecule has 55 heavy (non-hydrogen) atoms. The number of phosphoric acid groups is 1. The van der Waals surface area contributed by atoms with E-state index in [-0.39, 0.29) is 19.4 Å². The Morgan fingerprint density at radius 2 is 1.02 bits per heavy atom. The van der Waals surface area contributed by atoms with Crippen molar-refractivity contribution in [1.82, 2.24) is 0 Å². The van der Waals surface area contributed by atoms with Crippen LogP contribution in [0, 0.1) is 0 Å². The van der Waals surface area contributed by atoms with Crippen LogP contribution in [0.1, 0.15) is 142 Å². The third-order valence-electron chi connectivity index (χ3n) is 8.03. The Morgan fingerprint density at radius 1 is 0.564 bits per heavy atom. The first-order valence-electron chi connectivity index (χ1n) is 20.5. The van der Waals surface area contributed by atoms with Crippen molar-refractivity contribution < 1.29 is 47.8 Å². The molecule has 0 aromatic rings. The molecule has 0 bridgehead atoms. The number of hydrogen-bond acceptors (Lipinski definition) is 9. The van der Waals surface area contributed by atoms with Crippen LogP contribution in [0.15, 0.2) is 85.1 Å². The van der Waals surface area contributed by atoms with E-state index in [0.717, 1.165) is 77.0 Å². The van der Waals surface area contributed by atoms with Gasteiger partial charge in [0.2, 0.25) is 0 Å². The highest BCUT2D eigenvalue weighted by atomic mass is 31.2. The highest BCUT2D eigenvalue weighted by molar-refractivity contribution is 7.47. The molecule has 3 atom stereocenters. The number of esters is 2. The molecule has 10 nitrogen and oxygen atoms in total. The molecule has 0 aliphatic carbocycles. The number of ether oxygens (including phenoxy) is 2. The van der Waals surface area contributed by atoms with Crippen molar-refractivity contribution in [3.05, 3.63) is 85.1 Å². The summed E-state index contributed by atoms with van der Waals surface area (Å²) in [6, 6.07) is 0. The van der Waals surface area contributed by atoms with Crippen LogP contribution in [0.4, 0.5) is 0 Å². The average Bonchev–Trinajstić information content (AvgIpc) is 3.17. The third kappa shape index (κ3) is 39.2. The molecule has 0 heterocycles. The zero-order valence-electron chi connectivity index (χ0n) is 33.9. The van der Waals surface area contributed by atoms with Crippen LogP contribution >= 0.6 is 7.82 Å². The second-order valence-electron chi connectivity index (χ2n) is 13.3. The van der Waals surface area contributed by atoms with E-state index < -0.39 is 51.8 Å². The standard InChI is InChI=1S/C44H73O10P/c1-3-5-7-9-11-13-15-17-19-20-22-24-26-28-30-32-34-36-44(48)54-42(40-53-55(49,50)52-38-41(46)37-45)39-51-43(47)35-33-31-29-27-25-23-21-18-16-14-12-10-8-6-4-2/h6,8,11-14,17-19,21-22,24,28,30,41-42,45-46H,3-5,7,9-10,15-16,20,23,25-27,29,31-40H2,1-2H3,(H,49,50). The van der Waals surface area contributed by atoms with E-state index >= 15 is 0 Å². The summed E-state index contributed by atoms with van der Waals surface area (Å²) in [6.45, 7) is 2.13. The van der Waals surface area contributed by atoms with Crippen LogP contribution in [-0.4, -0.2) is 65.7 Å². The van der Waals surface area contributed by atoms with Gasteiger partial charge < -0.3 is 24.6 Å². The Bertz CT molecular complexity index is 1190. The third-order valence-corrected chi connectivity index (χ3v) is 8.98. The van der Waals surface area contributed by atoms with E-state index in [0.29, 0.717) is 19.3 Å². The average molecular weight is 793 g/mol. The van der Waals surface area contributed by atoms with Crippen molar-refractivity contribution in [1.29, 1.82) is 0 Å². The molecule has 0 fully saturated rings. The van der Waals surface area contributed by atoms with Gasteiger partial charge in [0.1, 0.15) is 12.7 Å². The molecule has 0 radical (unpaired) electrons. The number of aliphatic hydroxyl groups excluding tert-OH is 2. The van der Waals surface area contributed by atoms with E-state index in [9.17, 15) is 24.2 Å². The van der Waals surface area contributed by atoms with Gasteiger partial charge in [-0.25, -0.2) is 4.57 Å². The fourth-order valence-electron chi connectivity index (χ4n) is 4.88. The Kier molecular flexibility index (Phi) is 37.3. The van der Waals surface area contributed by atoms with Crippen molar-refractivity contribution in [3.63, 3.8) is 0 Å². The van der Waals surface area contributed by atoms with E-state index in [2.05, 4.69) is 91.3 Å². The van der Waals surface area contributed by atoms with Gasteiger partial charge in [-0.15, -0.1) is 0 Å². The van der Waals surface area contributed by atoms with Crippen molar-refractivity contribution in [3.8, 4) is 0 Å². The van der Waals surface area contributed by atoms with Crippen LogP contribution in [0.25, 0.3) is 0 Å². The van der Waals surface area contributed by atoms with Gasteiger partial charge in [-0.3, -0.25) is 18.6 Å². The quantitative estimate of drug-likeness (QED) is 0.0240. The Hall–Kier alpha value is -2.85. The predicted molar refractivity (Wildman–Crippen MR) is 223 cm³/mol. The van der Waals surface area contributed by atoms with E-state index in [1.54, 1.807) is 0 Å². The Labute approximate surface area is 332 Å². The van der Waals surface area contributed by atoms with Gasteiger partial charge in [0.15, 0.2) is 6.10 Å². The Morgan fingerprint density at radius 3 is 1.56 bits per heavy atom. The maximum Gasteiger partial charge on any atom is 0.472 e. The first kappa shape index (κ1) is 52.2. The van der Waals surface area contributed by atoms with Gasteiger partial charge in [0.25, 0.3) is 0 Å². The number of carbonyl (C=O) groups excluding carboxylic acids is 2. The minimum Gasteiger partial charge on any atom is -0.462 e. The number of allylic oxidation sites excluding steroid dienone is 14. The number of hydrogen-bond donors (Lipinski definition) is 3. The van der Waals surface area contributed by atoms with Gasteiger partial charge in [-0.05, 0) is 83.5 Å². The molecule has 0 rings (SSSR count). The molecular weight excluding hydrogens is 719 g/mol. The highest BCUT2D eigenvalue weighted by Gasteiger charge is 2.27. The van der Waals surface area contributed by atoms with Crippen LogP contribution in [0.5, 0.6) is 0 Å². The SMILES string of the molecule is CCC=CCC=CCC=CCCCCCCCC(=O)OCC(COP(=O)(O)OCC(O)CO)OC(=O)CCCC=CCC=CCC=CCC=CCCCCC. The van der Waals surface area contributed by atoms with Gasteiger partial charge in [-0.2, -0.15) is 0 Å². The smallest absolute Gasteiger partial charge is 0.462 e. The van der Waals surface area contributed by atoms with Crippen molar-refractivity contribution in [2.75, 3.05) is 26.4 Å². The fourth-order valence-corrected chi connectivity index (χ4v) is 5.67. The molecule has 3 unspecified atom stereocenters. The molecule has 3 N–H and O–H groups in total. The van der Waals surface area contributed by atoms with Gasteiger partial charge in [0, 0.05) is 12.8 Å². The molecule has 0 spiro atoms. The predicted octanol–water partition coefficient (Wildman–Crippen LogP) is 10.7. The number of rotatable bonds is 37. The lowest BCUT2D eigenvalue weighted by atomic mass is 10.1. The van der Waals surface area contributed by atoms with Crippen LogP contribution in [0.2, 0.25) is 0 Å². The normalized spacial score (nSPS) is 14.8. The summed E-state index contributed by atoms with van der Waals surface area (Å²) in [6.07, 6.45) is 45.5. The molecule has 0 aliphatic rings. The van der Waals surface area contributed by atoms with E-state index in [1.165, 1.54) is 19.3 Å². The van der Waals surface area contributed by atoms with E-state index in [1.807, 2.05) is 12.2 Å². The molecule has 0 aromatic carbocycles. The fraction of sp³-hybridized carbons (Fsp3) is 0.636. The molecule has 11 heteroatoms. The lowest BCUT2D eigenvalue weighted by Gasteiger charge is -2.20. The monoisotopic (exact) mass is 792 g/mol. The largest absolute Gasteiger partial charge is 0.472 e. The maximum atomic E-state index is 12.6. The Balaban J connectivity index is 4.48. The first-order chi connectivity index (χ1) is 26.7. The molecule has 0 amide bonds. The summed E-state index contributed by atoms with van der Waals surface area (Å²) in [5, 5.41) is 18.3. The summed E-state index contributed by atoms with van der Waals surface area (Å²) in [4.78, 5) is 34.9. The summed E-state index contributed by atoms with van der Waals surface area (Å²) < 4.78 is 32.6. The topological polar surface area (TPSA) is 149 Å². The summed E-state index contributed by atoms with van der Waals surface area (Å²) >= 11 is 0. The van der Waals surface area contributed by atoms with Gasteiger partial charge in [-0.1, -0.05) is 131 Å². The minimum atomic E-state index is -4.64. The van der Waals surface area contributed by atoms with Crippen molar-refractivity contribution in [2.24, 2.45) is 0 Å². The number of unbranched alkanes of at least 4 members (excludes halogenated alkanes) is 9. The number of carbonyl (C=O) groups is 2. The van der Waals surface area contributed by atoms with Crippen LogP contribution in [0.3, 0.4) is 0 Å². The molecule has 314 valence electrons. The lowest BCUT2D eigenvalue weighted by Crippen LogP contribution is -2.29.